The normalized spacial score (nSPS) is 17.4. The zero-order chi connectivity index (χ0) is 24.5. The smallest absolute Gasteiger partial charge is 0.261 e. The number of Topliss-reactive ketones (excluding diaryl/α,β-unsaturated/α-hetero) is 1. The van der Waals surface area contributed by atoms with E-state index in [1.54, 1.807) is 55.5 Å². The summed E-state index contributed by atoms with van der Waals surface area (Å²) >= 11 is 6.10. The Labute approximate surface area is 204 Å². The Morgan fingerprint density at radius 3 is 2.12 bits per heavy atom. The van der Waals surface area contributed by atoms with Crippen molar-refractivity contribution >= 4 is 33.1 Å². The molecule has 3 aromatic rings. The molecule has 0 radical (unpaired) electrons. The summed E-state index contributed by atoms with van der Waals surface area (Å²) < 4.78 is 35.8. The van der Waals surface area contributed by atoms with Crippen LogP contribution in [0.15, 0.2) is 101 Å². The van der Waals surface area contributed by atoms with Gasteiger partial charge in [-0.25, -0.2) is 8.42 Å². The lowest BCUT2D eigenvalue weighted by molar-refractivity contribution is -0.113. The Bertz CT molecular complexity index is 1390. The summed E-state index contributed by atoms with van der Waals surface area (Å²) in [4.78, 5) is 12.9. The number of halogens is 1. The molecule has 0 bridgehead atoms. The van der Waals surface area contributed by atoms with Gasteiger partial charge in [-0.05, 0) is 56.2 Å². The van der Waals surface area contributed by atoms with Crippen LogP contribution in [0.4, 0.5) is 0 Å². The number of carbonyl (C=O) groups excluding carboxylic acids is 1. The minimum atomic E-state index is -3.97. The number of aryl methyl sites for hydroxylation is 1. The van der Waals surface area contributed by atoms with Crippen molar-refractivity contribution in [1.29, 1.82) is 0 Å². The van der Waals surface area contributed by atoms with E-state index in [0.29, 0.717) is 27.5 Å². The minimum absolute atomic E-state index is 0.116. The van der Waals surface area contributed by atoms with Gasteiger partial charge < -0.3 is 4.74 Å². The van der Waals surface area contributed by atoms with Gasteiger partial charge in [-0.3, -0.25) is 9.52 Å². The van der Waals surface area contributed by atoms with Crippen molar-refractivity contribution in [3.63, 3.8) is 0 Å². The largest absolute Gasteiger partial charge is 0.485 e. The Balaban J connectivity index is 1.97. The maximum absolute atomic E-state index is 13.4. The number of hydrogen-bond donors (Lipinski definition) is 1. The van der Waals surface area contributed by atoms with Gasteiger partial charge in [0, 0.05) is 10.6 Å². The van der Waals surface area contributed by atoms with Crippen molar-refractivity contribution in [2.75, 3.05) is 0 Å². The Morgan fingerprint density at radius 1 is 0.912 bits per heavy atom. The molecule has 1 unspecified atom stereocenters. The molecule has 0 aromatic heterocycles. The molecule has 7 heteroatoms. The van der Waals surface area contributed by atoms with Gasteiger partial charge in [-0.15, -0.1) is 0 Å². The average molecular weight is 494 g/mol. The number of benzene rings is 3. The molecule has 1 atom stereocenters. The summed E-state index contributed by atoms with van der Waals surface area (Å²) in [5, 5.41) is 0.510. The molecule has 0 fully saturated rings. The predicted molar refractivity (Wildman–Crippen MR) is 134 cm³/mol. The van der Waals surface area contributed by atoms with Crippen molar-refractivity contribution < 1.29 is 17.9 Å². The molecule has 1 aliphatic heterocycles. The van der Waals surface area contributed by atoms with Gasteiger partial charge in [0.05, 0.1) is 16.2 Å². The Kier molecular flexibility index (Phi) is 6.64. The maximum Gasteiger partial charge on any atom is 0.261 e. The monoisotopic (exact) mass is 493 g/mol. The summed E-state index contributed by atoms with van der Waals surface area (Å²) in [5.41, 5.74) is 3.40. The number of ketones is 1. The fourth-order valence-corrected chi connectivity index (χ4v) is 5.20. The first kappa shape index (κ1) is 23.8. The standard InChI is InChI=1S/C27H24ClNO4S/c1-17-9-15-23(16-10-17)34(31,32)29-26(20-11-13-22(28)14-12-20)25-24(18(2)30)19(3)33-27(25)21-7-5-4-6-8-21/h4-16,27,29H,1-3H3/b26-25+. The van der Waals surface area contributed by atoms with Gasteiger partial charge in [0.25, 0.3) is 10.0 Å². The second-order valence-electron chi connectivity index (χ2n) is 8.11. The maximum atomic E-state index is 13.4. The highest BCUT2D eigenvalue weighted by molar-refractivity contribution is 7.89. The number of rotatable bonds is 6. The van der Waals surface area contributed by atoms with Crippen molar-refractivity contribution in [2.24, 2.45) is 0 Å². The summed E-state index contributed by atoms with van der Waals surface area (Å²) in [6, 6.07) is 22.8. The molecule has 0 amide bonds. The van der Waals surface area contributed by atoms with Crippen LogP contribution < -0.4 is 4.72 Å². The minimum Gasteiger partial charge on any atom is -0.485 e. The second-order valence-corrected chi connectivity index (χ2v) is 10.2. The topological polar surface area (TPSA) is 72.5 Å². The van der Waals surface area contributed by atoms with Crippen LogP contribution in [0.1, 0.15) is 36.6 Å². The summed E-state index contributed by atoms with van der Waals surface area (Å²) in [7, 11) is -3.97. The molecule has 0 aliphatic carbocycles. The van der Waals surface area contributed by atoms with E-state index in [1.165, 1.54) is 6.92 Å². The average Bonchev–Trinajstić information content (AvgIpc) is 3.16. The van der Waals surface area contributed by atoms with Crippen molar-refractivity contribution in [3.8, 4) is 0 Å². The number of carbonyl (C=O) groups is 1. The lowest BCUT2D eigenvalue weighted by Crippen LogP contribution is -2.25. The quantitative estimate of drug-likeness (QED) is 0.459. The second kappa shape index (κ2) is 9.49. The van der Waals surface area contributed by atoms with E-state index in [0.717, 1.165) is 11.1 Å². The van der Waals surface area contributed by atoms with Gasteiger partial charge in [-0.2, -0.15) is 0 Å². The zero-order valence-electron chi connectivity index (χ0n) is 19.0. The van der Waals surface area contributed by atoms with Crippen LogP contribution in [-0.4, -0.2) is 14.2 Å². The third-order valence-electron chi connectivity index (χ3n) is 5.60. The van der Waals surface area contributed by atoms with Gasteiger partial charge in [0.2, 0.25) is 0 Å². The van der Waals surface area contributed by atoms with E-state index in [9.17, 15) is 13.2 Å². The third kappa shape index (κ3) is 4.79. The van der Waals surface area contributed by atoms with Crippen LogP contribution in [0.25, 0.3) is 5.70 Å². The van der Waals surface area contributed by atoms with E-state index >= 15 is 0 Å². The van der Waals surface area contributed by atoms with Crippen LogP contribution in [0, 0.1) is 6.92 Å². The number of ether oxygens (including phenoxy) is 1. The van der Waals surface area contributed by atoms with Crippen molar-refractivity contribution in [2.45, 2.75) is 31.8 Å². The van der Waals surface area contributed by atoms with Crippen molar-refractivity contribution in [3.05, 3.63) is 117 Å². The van der Waals surface area contributed by atoms with Gasteiger partial charge >= 0.3 is 0 Å². The van der Waals surface area contributed by atoms with E-state index in [4.69, 9.17) is 16.3 Å². The van der Waals surface area contributed by atoms with Gasteiger partial charge in [0.1, 0.15) is 5.76 Å². The molecule has 174 valence electrons. The van der Waals surface area contributed by atoms with Gasteiger partial charge in [0.15, 0.2) is 11.9 Å². The number of nitrogens with one attached hydrogen (secondary N) is 1. The summed E-state index contributed by atoms with van der Waals surface area (Å²) in [5.74, 6) is 0.226. The lowest BCUT2D eigenvalue weighted by atomic mass is 9.91. The fraction of sp³-hybridized carbons (Fsp3) is 0.148. The van der Waals surface area contributed by atoms with E-state index < -0.39 is 16.1 Å². The molecule has 0 spiro atoms. The molecule has 1 aliphatic rings. The highest BCUT2D eigenvalue weighted by atomic mass is 35.5. The molecule has 5 nitrogen and oxygen atoms in total. The molecule has 0 saturated carbocycles. The van der Waals surface area contributed by atoms with Crippen LogP contribution in [0.3, 0.4) is 0 Å². The van der Waals surface area contributed by atoms with Crippen molar-refractivity contribution in [1.82, 2.24) is 4.72 Å². The van der Waals surface area contributed by atoms with Crippen LogP contribution in [0.5, 0.6) is 0 Å². The molecule has 34 heavy (non-hydrogen) atoms. The number of allylic oxidation sites excluding steroid dienone is 1. The first-order chi connectivity index (χ1) is 16.2. The van der Waals surface area contributed by atoms with Crippen LogP contribution >= 0.6 is 11.6 Å². The first-order valence-corrected chi connectivity index (χ1v) is 12.6. The summed E-state index contributed by atoms with van der Waals surface area (Å²) in [6.07, 6.45) is -0.661. The first-order valence-electron chi connectivity index (χ1n) is 10.7. The third-order valence-corrected chi connectivity index (χ3v) is 7.22. The van der Waals surface area contributed by atoms with Crippen LogP contribution in [-0.2, 0) is 19.6 Å². The Morgan fingerprint density at radius 2 is 1.53 bits per heavy atom. The highest BCUT2D eigenvalue weighted by Gasteiger charge is 2.37. The number of hydrogen-bond acceptors (Lipinski definition) is 4. The molecule has 1 heterocycles. The summed E-state index contributed by atoms with van der Waals surface area (Å²) in [6.45, 7) is 5.05. The molecule has 4 rings (SSSR count). The van der Waals surface area contributed by atoms with E-state index in [1.807, 2.05) is 37.3 Å². The highest BCUT2D eigenvalue weighted by Crippen LogP contribution is 2.44. The molecule has 3 aromatic carbocycles. The predicted octanol–water partition coefficient (Wildman–Crippen LogP) is 5.97. The Hall–Kier alpha value is -3.35. The number of sulfonamides is 1. The van der Waals surface area contributed by atoms with E-state index in [-0.39, 0.29) is 16.4 Å². The molecular formula is C27H24ClNO4S. The lowest BCUT2D eigenvalue weighted by Gasteiger charge is -2.21. The zero-order valence-corrected chi connectivity index (χ0v) is 20.6. The fourth-order valence-electron chi connectivity index (χ4n) is 3.97. The molecular weight excluding hydrogens is 470 g/mol. The van der Waals surface area contributed by atoms with E-state index in [2.05, 4.69) is 4.72 Å². The SMILES string of the molecule is CC(=O)C1=C(C)OC(c2ccccc2)/C1=C(/NS(=O)(=O)c1ccc(C)cc1)c1ccc(Cl)cc1. The molecule has 0 saturated heterocycles. The molecule has 1 N–H and O–H groups in total. The van der Waals surface area contributed by atoms with Crippen LogP contribution in [0.2, 0.25) is 5.02 Å². The van der Waals surface area contributed by atoms with Gasteiger partial charge in [-0.1, -0.05) is 71.8 Å².